The Labute approximate surface area is 112 Å². The maximum absolute atomic E-state index is 3.65. The maximum atomic E-state index is 3.65. The topological polar surface area (TPSA) is 15.3 Å². The van der Waals surface area contributed by atoms with Crippen LogP contribution in [0.25, 0.3) is 0 Å². The number of hydrogen-bond donors (Lipinski definition) is 1. The number of likely N-dealkylation sites (N-methyl/N-ethyl adjacent to an activating group) is 1. The van der Waals surface area contributed by atoms with Crippen LogP contribution in [0.2, 0.25) is 0 Å². The molecule has 0 amide bonds. The monoisotopic (exact) mass is 248 g/mol. The fourth-order valence-corrected chi connectivity index (χ4v) is 2.28. The molecule has 2 heteroatoms. The van der Waals surface area contributed by atoms with E-state index in [1.54, 1.807) is 0 Å². The Kier molecular flexibility index (Phi) is 6.37. The minimum atomic E-state index is 0.542. The summed E-state index contributed by atoms with van der Waals surface area (Å²) in [4.78, 5) is 2.26. The molecule has 1 aromatic rings. The number of rotatable bonds is 7. The van der Waals surface area contributed by atoms with Gasteiger partial charge in [0.1, 0.15) is 0 Å². The van der Waals surface area contributed by atoms with Gasteiger partial charge in [-0.05, 0) is 58.5 Å². The molecule has 0 radical (unpaired) electrons. The van der Waals surface area contributed by atoms with Gasteiger partial charge in [-0.3, -0.25) is 0 Å². The van der Waals surface area contributed by atoms with E-state index in [9.17, 15) is 0 Å². The third-order valence-electron chi connectivity index (χ3n) is 3.24. The van der Waals surface area contributed by atoms with E-state index in [1.165, 1.54) is 23.1 Å². The van der Waals surface area contributed by atoms with E-state index in [0.717, 1.165) is 19.5 Å². The van der Waals surface area contributed by atoms with E-state index in [2.05, 4.69) is 63.3 Å². The summed E-state index contributed by atoms with van der Waals surface area (Å²) < 4.78 is 0. The molecule has 102 valence electrons. The molecule has 0 aliphatic heterocycles. The van der Waals surface area contributed by atoms with Crippen molar-refractivity contribution in [3.05, 3.63) is 34.9 Å². The Hall–Kier alpha value is -0.860. The molecule has 1 rings (SSSR count). The molecule has 0 bridgehead atoms. The maximum Gasteiger partial charge on any atom is 0.0235 e. The molecule has 0 spiro atoms. The van der Waals surface area contributed by atoms with Gasteiger partial charge in [-0.15, -0.1) is 0 Å². The predicted octanol–water partition coefficient (Wildman–Crippen LogP) is 2.78. The molecule has 18 heavy (non-hydrogen) atoms. The summed E-state index contributed by atoms with van der Waals surface area (Å²) >= 11 is 0. The van der Waals surface area contributed by atoms with Gasteiger partial charge >= 0.3 is 0 Å². The van der Waals surface area contributed by atoms with Gasteiger partial charge in [0.15, 0.2) is 0 Å². The molecule has 2 nitrogen and oxygen atoms in total. The average molecular weight is 248 g/mol. The van der Waals surface area contributed by atoms with Gasteiger partial charge in [0, 0.05) is 12.6 Å². The first kappa shape index (κ1) is 15.2. The Morgan fingerprint density at radius 3 is 2.56 bits per heavy atom. The molecule has 1 unspecified atom stereocenters. The Balaban J connectivity index is 2.71. The van der Waals surface area contributed by atoms with Crippen LogP contribution in [0.4, 0.5) is 0 Å². The summed E-state index contributed by atoms with van der Waals surface area (Å²) in [5, 5.41) is 3.65. The van der Waals surface area contributed by atoms with Gasteiger partial charge < -0.3 is 10.2 Å². The highest BCUT2D eigenvalue weighted by Gasteiger charge is 2.11. The van der Waals surface area contributed by atoms with Gasteiger partial charge in [0.05, 0.1) is 0 Å². The van der Waals surface area contributed by atoms with E-state index in [0.29, 0.717) is 6.04 Å². The summed E-state index contributed by atoms with van der Waals surface area (Å²) in [5.41, 5.74) is 4.24. The van der Waals surface area contributed by atoms with E-state index in [1.807, 2.05) is 0 Å². The van der Waals surface area contributed by atoms with Crippen LogP contribution in [-0.2, 0) is 6.42 Å². The third kappa shape index (κ3) is 5.19. The van der Waals surface area contributed by atoms with Crippen molar-refractivity contribution in [3.63, 3.8) is 0 Å². The zero-order valence-corrected chi connectivity index (χ0v) is 12.6. The van der Waals surface area contributed by atoms with E-state index < -0.39 is 0 Å². The number of nitrogens with one attached hydrogen (secondary N) is 1. The highest BCUT2D eigenvalue weighted by molar-refractivity contribution is 5.31. The van der Waals surface area contributed by atoms with Crippen LogP contribution >= 0.6 is 0 Å². The normalized spacial score (nSPS) is 13.0. The van der Waals surface area contributed by atoms with E-state index >= 15 is 0 Å². The van der Waals surface area contributed by atoms with Crippen molar-refractivity contribution in [1.29, 1.82) is 0 Å². The average Bonchev–Trinajstić information content (AvgIpc) is 2.30. The second kappa shape index (κ2) is 7.55. The van der Waals surface area contributed by atoms with E-state index in [4.69, 9.17) is 0 Å². The van der Waals surface area contributed by atoms with Gasteiger partial charge in [0.2, 0.25) is 0 Å². The second-order valence-corrected chi connectivity index (χ2v) is 5.55. The Morgan fingerprint density at radius 2 is 1.94 bits per heavy atom. The zero-order valence-electron chi connectivity index (χ0n) is 12.6. The number of aryl methyl sites for hydroxylation is 2. The number of benzene rings is 1. The molecular formula is C16H28N2. The van der Waals surface area contributed by atoms with Crippen LogP contribution in [0.3, 0.4) is 0 Å². The van der Waals surface area contributed by atoms with Crippen molar-refractivity contribution >= 4 is 0 Å². The Bertz CT molecular complexity index is 358. The first-order valence-electron chi connectivity index (χ1n) is 6.97. The van der Waals surface area contributed by atoms with Crippen LogP contribution in [-0.4, -0.2) is 38.1 Å². The molecular weight excluding hydrogens is 220 g/mol. The lowest BCUT2D eigenvalue weighted by Crippen LogP contribution is -2.40. The highest BCUT2D eigenvalue weighted by Crippen LogP contribution is 2.13. The number of nitrogens with zero attached hydrogens (tertiary/aromatic N) is 1. The van der Waals surface area contributed by atoms with Crippen LogP contribution in [0.15, 0.2) is 18.2 Å². The zero-order chi connectivity index (χ0) is 13.5. The lowest BCUT2D eigenvalue weighted by atomic mass is 9.98. The molecule has 1 N–H and O–H groups in total. The van der Waals surface area contributed by atoms with Crippen LogP contribution < -0.4 is 5.32 Å². The fourth-order valence-electron chi connectivity index (χ4n) is 2.28. The summed E-state index contributed by atoms with van der Waals surface area (Å²) in [6.07, 6.45) is 2.31. The Morgan fingerprint density at radius 1 is 1.22 bits per heavy atom. The van der Waals surface area contributed by atoms with Crippen LogP contribution in [0.1, 0.15) is 30.0 Å². The first-order chi connectivity index (χ1) is 8.52. The molecule has 0 aliphatic carbocycles. The summed E-state index contributed by atoms with van der Waals surface area (Å²) in [6.45, 7) is 8.79. The van der Waals surface area contributed by atoms with Crippen LogP contribution in [0.5, 0.6) is 0 Å². The van der Waals surface area contributed by atoms with Crippen molar-refractivity contribution in [1.82, 2.24) is 10.2 Å². The highest BCUT2D eigenvalue weighted by atomic mass is 15.1. The van der Waals surface area contributed by atoms with Gasteiger partial charge in [-0.1, -0.05) is 30.7 Å². The van der Waals surface area contributed by atoms with Gasteiger partial charge in [-0.25, -0.2) is 0 Å². The van der Waals surface area contributed by atoms with Crippen molar-refractivity contribution in [2.24, 2.45) is 0 Å². The van der Waals surface area contributed by atoms with Crippen molar-refractivity contribution < 1.29 is 0 Å². The fraction of sp³-hybridized carbons (Fsp3) is 0.625. The molecule has 1 aromatic carbocycles. The molecule has 0 aliphatic rings. The van der Waals surface area contributed by atoms with Crippen molar-refractivity contribution in [2.45, 2.75) is 39.7 Å². The molecule has 0 saturated carbocycles. The van der Waals surface area contributed by atoms with Crippen molar-refractivity contribution in [3.8, 4) is 0 Å². The molecule has 0 heterocycles. The second-order valence-electron chi connectivity index (χ2n) is 5.55. The van der Waals surface area contributed by atoms with Crippen LogP contribution in [0, 0.1) is 13.8 Å². The molecule has 0 aromatic heterocycles. The summed E-state index contributed by atoms with van der Waals surface area (Å²) in [5.74, 6) is 0. The third-order valence-corrected chi connectivity index (χ3v) is 3.24. The molecule has 0 saturated heterocycles. The van der Waals surface area contributed by atoms with Gasteiger partial charge in [-0.2, -0.15) is 0 Å². The summed E-state index contributed by atoms with van der Waals surface area (Å²) in [6, 6.07) is 7.29. The number of hydrogen-bond acceptors (Lipinski definition) is 2. The first-order valence-corrected chi connectivity index (χ1v) is 6.97. The van der Waals surface area contributed by atoms with E-state index in [-0.39, 0.29) is 0 Å². The lowest BCUT2D eigenvalue weighted by Gasteiger charge is -2.23. The van der Waals surface area contributed by atoms with Crippen molar-refractivity contribution in [2.75, 3.05) is 27.2 Å². The standard InChI is InChI=1S/C16H28N2/c1-6-9-17-16(12-18(4)5)11-15-10-13(2)7-8-14(15)3/h7-8,10,16-17H,6,9,11-12H2,1-5H3. The summed E-state index contributed by atoms with van der Waals surface area (Å²) in [7, 11) is 4.29. The lowest BCUT2D eigenvalue weighted by molar-refractivity contribution is 0.336. The smallest absolute Gasteiger partial charge is 0.0235 e. The predicted molar refractivity (Wildman–Crippen MR) is 80.3 cm³/mol. The largest absolute Gasteiger partial charge is 0.312 e. The van der Waals surface area contributed by atoms with Gasteiger partial charge in [0.25, 0.3) is 0 Å². The SMILES string of the molecule is CCCNC(Cc1cc(C)ccc1C)CN(C)C. The molecule has 0 fully saturated rings. The molecule has 1 atom stereocenters. The quantitative estimate of drug-likeness (QED) is 0.798. The minimum Gasteiger partial charge on any atom is -0.312 e. The minimum absolute atomic E-state index is 0.542.